The fourth-order valence-electron chi connectivity index (χ4n) is 0. The zero-order valence-electron chi connectivity index (χ0n) is 2.62. The molecule has 4 heavy (non-hydrogen) atoms. The molecule has 0 aliphatic rings. The average molecular weight is 76.1 g/mol. The third-order valence-corrected chi connectivity index (χ3v) is 0.433. The molecule has 0 amide bonds. The largest absolute Gasteiger partial charge is 0.247 e. The molecular weight excluding hydrogens is 70.1 g/mol. The summed E-state index contributed by atoms with van der Waals surface area (Å²) in [5.41, 5.74) is 6.41. The second-order valence-electron chi connectivity index (χ2n) is 0.433. The van der Waals surface area contributed by atoms with E-state index in [1.54, 1.807) is 0 Å². The van der Waals surface area contributed by atoms with Crippen LogP contribution in [0, 0.1) is 0 Å². The van der Waals surface area contributed by atoms with E-state index < -0.39 is 0 Å². The summed E-state index contributed by atoms with van der Waals surface area (Å²) >= 11 is 1.52. The predicted molar refractivity (Wildman–Crippen MR) is 21.5 cm³/mol. The third kappa shape index (κ3) is 2.31. The Bertz CT molecular complexity index is 8.00. The second kappa shape index (κ2) is 3.31. The molecule has 0 atom stereocenters. The summed E-state index contributed by atoms with van der Waals surface area (Å²) in [5.74, 6) is 0.486. The molecule has 0 aliphatic heterocycles. The molecule has 0 rings (SSSR count). The Balaban J connectivity index is 1.97. The van der Waals surface area contributed by atoms with Crippen LogP contribution in [0.3, 0.4) is 0 Å². The van der Waals surface area contributed by atoms with Crippen LogP contribution in [-0.2, 0) is 0 Å². The Morgan fingerprint density at radius 3 is 2.25 bits per heavy atom. The molecule has 0 aromatic carbocycles. The van der Waals surface area contributed by atoms with Crippen LogP contribution in [0.1, 0.15) is 0 Å². The maximum Gasteiger partial charge on any atom is 0.0554 e. The van der Waals surface area contributed by atoms with Gasteiger partial charge in [0.05, 0.1) is 5.88 Å². The van der Waals surface area contributed by atoms with Gasteiger partial charge >= 0.3 is 0 Å². The molecule has 0 aliphatic carbocycles. The van der Waals surface area contributed by atoms with Crippen LogP contribution < -0.4 is 5.73 Å². The average Bonchev–Trinajstić information content (AvgIpc) is 1.37. The minimum absolute atomic E-state index is 0.486. The molecular formula is C2H6NS. The molecule has 1 N–H and O–H groups in total. The molecule has 0 saturated carbocycles. The first kappa shape index (κ1) is 4.31. The van der Waals surface area contributed by atoms with E-state index in [4.69, 9.17) is 5.73 Å². The van der Waals surface area contributed by atoms with E-state index in [2.05, 4.69) is 0 Å². The summed E-state index contributed by atoms with van der Waals surface area (Å²) in [6.07, 6.45) is 1.91. The Morgan fingerprint density at radius 2 is 2.25 bits per heavy atom. The van der Waals surface area contributed by atoms with E-state index in [0.29, 0.717) is 5.88 Å². The van der Waals surface area contributed by atoms with Gasteiger partial charge in [-0.1, -0.05) is 0 Å². The molecule has 0 spiro atoms. The van der Waals surface area contributed by atoms with E-state index >= 15 is 0 Å². The third-order valence-electron chi connectivity index (χ3n) is 0.144. The topological polar surface area (TPSA) is 23.8 Å². The minimum Gasteiger partial charge on any atom is -0.247 e. The van der Waals surface area contributed by atoms with E-state index in [1.165, 1.54) is 11.8 Å². The molecule has 0 aromatic heterocycles. The quantitative estimate of drug-likeness (QED) is 0.448. The summed E-state index contributed by atoms with van der Waals surface area (Å²) in [4.78, 5) is 0. The van der Waals surface area contributed by atoms with Crippen molar-refractivity contribution in [2.75, 3.05) is 12.1 Å². The second-order valence-corrected chi connectivity index (χ2v) is 1.30. The van der Waals surface area contributed by atoms with Crippen LogP contribution in [0.2, 0.25) is 0 Å². The lowest BCUT2D eigenvalue weighted by Gasteiger charge is -1.69. The van der Waals surface area contributed by atoms with Crippen molar-refractivity contribution < 1.29 is 0 Å². The number of hydrogen-bond donors (Lipinski definition) is 0. The van der Waals surface area contributed by atoms with E-state index in [0.717, 1.165) is 0 Å². The summed E-state index contributed by atoms with van der Waals surface area (Å²) < 4.78 is 0. The number of thioether (sulfide) groups is 1. The number of rotatable bonds is 1. The van der Waals surface area contributed by atoms with Gasteiger partial charge in [0.25, 0.3) is 0 Å². The van der Waals surface area contributed by atoms with Gasteiger partial charge in [0.2, 0.25) is 0 Å². The molecule has 0 aromatic rings. The molecule has 0 heterocycles. The smallest absolute Gasteiger partial charge is 0.0554 e. The highest BCUT2D eigenvalue weighted by Gasteiger charge is 1.55. The SMILES string of the molecule is CSC[NH]. The predicted octanol–water partition coefficient (Wildman–Crippen LogP) is 0.590. The van der Waals surface area contributed by atoms with E-state index in [9.17, 15) is 0 Å². The molecule has 2 heteroatoms. The first-order valence-corrected chi connectivity index (χ1v) is 2.44. The fraction of sp³-hybridized carbons (Fsp3) is 1.00. The number of hydrogen-bond acceptors (Lipinski definition) is 1. The lowest BCUT2D eigenvalue weighted by Crippen LogP contribution is -1.66. The lowest BCUT2D eigenvalue weighted by atomic mass is 11.5. The zero-order valence-corrected chi connectivity index (χ0v) is 3.43. The highest BCUT2D eigenvalue weighted by molar-refractivity contribution is 7.98. The van der Waals surface area contributed by atoms with Crippen molar-refractivity contribution in [3.05, 3.63) is 0 Å². The summed E-state index contributed by atoms with van der Waals surface area (Å²) in [7, 11) is 0. The Kier molecular flexibility index (Phi) is 3.57. The van der Waals surface area contributed by atoms with Crippen molar-refractivity contribution >= 4 is 11.8 Å². The van der Waals surface area contributed by atoms with Crippen LogP contribution in [-0.4, -0.2) is 12.1 Å². The van der Waals surface area contributed by atoms with Gasteiger partial charge in [-0.15, -0.1) is 11.8 Å². The molecule has 25 valence electrons. The van der Waals surface area contributed by atoms with Crippen molar-refractivity contribution in [2.45, 2.75) is 0 Å². The first-order valence-electron chi connectivity index (χ1n) is 1.05. The summed E-state index contributed by atoms with van der Waals surface area (Å²) in [5, 5.41) is 0. The van der Waals surface area contributed by atoms with Gasteiger partial charge in [-0.3, -0.25) is 0 Å². The van der Waals surface area contributed by atoms with Crippen molar-refractivity contribution in [2.24, 2.45) is 0 Å². The van der Waals surface area contributed by atoms with Crippen LogP contribution in [0.5, 0.6) is 0 Å². The lowest BCUT2D eigenvalue weighted by molar-refractivity contribution is 1.33. The maximum atomic E-state index is 6.41. The Labute approximate surface area is 30.6 Å². The van der Waals surface area contributed by atoms with Gasteiger partial charge in [0, 0.05) is 0 Å². The minimum atomic E-state index is 0.486. The Morgan fingerprint density at radius 1 is 2.00 bits per heavy atom. The zero-order chi connectivity index (χ0) is 3.41. The van der Waals surface area contributed by atoms with Crippen molar-refractivity contribution in [3.8, 4) is 0 Å². The van der Waals surface area contributed by atoms with Gasteiger partial charge in [-0.2, -0.15) is 0 Å². The van der Waals surface area contributed by atoms with Gasteiger partial charge in [0.1, 0.15) is 0 Å². The maximum absolute atomic E-state index is 6.41. The van der Waals surface area contributed by atoms with Crippen molar-refractivity contribution in [1.29, 1.82) is 0 Å². The Hall–Kier alpha value is 0.310. The highest BCUT2D eigenvalue weighted by Crippen LogP contribution is 1.79. The van der Waals surface area contributed by atoms with Gasteiger partial charge in [0.15, 0.2) is 0 Å². The number of nitrogens with one attached hydrogen (secondary N) is 1. The van der Waals surface area contributed by atoms with Crippen molar-refractivity contribution in [3.63, 3.8) is 0 Å². The molecule has 0 bridgehead atoms. The van der Waals surface area contributed by atoms with Crippen LogP contribution in [0.4, 0.5) is 0 Å². The molecule has 0 fully saturated rings. The normalized spacial score (nSPS) is 7.50. The van der Waals surface area contributed by atoms with E-state index in [-0.39, 0.29) is 0 Å². The molecule has 0 unspecified atom stereocenters. The van der Waals surface area contributed by atoms with Gasteiger partial charge in [-0.25, -0.2) is 5.73 Å². The summed E-state index contributed by atoms with van der Waals surface area (Å²) in [6.45, 7) is 0. The monoisotopic (exact) mass is 76.0 g/mol. The van der Waals surface area contributed by atoms with Crippen LogP contribution in [0.25, 0.3) is 0 Å². The van der Waals surface area contributed by atoms with E-state index in [1.807, 2.05) is 6.26 Å². The highest BCUT2D eigenvalue weighted by atomic mass is 32.2. The van der Waals surface area contributed by atoms with Crippen LogP contribution in [0.15, 0.2) is 0 Å². The standard InChI is InChI=1S/C2H6NS/c1-4-2-3/h3H,2H2,1H3. The van der Waals surface area contributed by atoms with Gasteiger partial charge in [-0.05, 0) is 6.26 Å². The fourth-order valence-corrected chi connectivity index (χ4v) is 0. The molecule has 1 radical (unpaired) electrons. The first-order chi connectivity index (χ1) is 1.91. The summed E-state index contributed by atoms with van der Waals surface area (Å²) in [6, 6.07) is 0. The van der Waals surface area contributed by atoms with Crippen LogP contribution >= 0.6 is 11.8 Å². The molecule has 0 saturated heterocycles. The van der Waals surface area contributed by atoms with Gasteiger partial charge < -0.3 is 0 Å². The molecule has 1 nitrogen and oxygen atoms in total. The van der Waals surface area contributed by atoms with Crippen molar-refractivity contribution in [1.82, 2.24) is 5.73 Å².